The third-order valence-corrected chi connectivity index (χ3v) is 4.52. The summed E-state index contributed by atoms with van der Waals surface area (Å²) >= 11 is 0. The van der Waals surface area contributed by atoms with Crippen molar-refractivity contribution in [3.05, 3.63) is 0 Å². The lowest BCUT2D eigenvalue weighted by Crippen LogP contribution is -2.44. The Bertz CT molecular complexity index is 211. The van der Waals surface area contributed by atoms with Crippen LogP contribution in [0.5, 0.6) is 0 Å². The molecule has 0 amide bonds. The first-order valence-electron chi connectivity index (χ1n) is 7.03. The average molecular weight is 227 g/mol. The highest BCUT2D eigenvalue weighted by Crippen LogP contribution is 2.29. The molecule has 1 heterocycles. The lowest BCUT2D eigenvalue weighted by Gasteiger charge is -2.39. The molecule has 2 heteroatoms. The first-order valence-corrected chi connectivity index (χ1v) is 7.03. The topological polar surface area (TPSA) is 3.24 Å². The zero-order chi connectivity index (χ0) is 11.5. The maximum atomic E-state index is 13.1. The molecule has 0 aromatic heterocycles. The van der Waals surface area contributed by atoms with Crippen molar-refractivity contribution in [3.8, 4) is 0 Å². The second kappa shape index (κ2) is 5.48. The van der Waals surface area contributed by atoms with Crippen LogP contribution in [0.25, 0.3) is 0 Å². The van der Waals surface area contributed by atoms with E-state index in [0.717, 1.165) is 43.6 Å². The van der Waals surface area contributed by atoms with Gasteiger partial charge in [-0.15, -0.1) is 0 Å². The van der Waals surface area contributed by atoms with Crippen LogP contribution in [0.4, 0.5) is 4.39 Å². The fourth-order valence-electron chi connectivity index (χ4n) is 3.27. The van der Waals surface area contributed by atoms with E-state index in [0.29, 0.717) is 0 Å². The maximum absolute atomic E-state index is 13.1. The summed E-state index contributed by atoms with van der Waals surface area (Å²) in [7, 11) is 0. The van der Waals surface area contributed by atoms with Crippen molar-refractivity contribution in [2.75, 3.05) is 13.1 Å². The van der Waals surface area contributed by atoms with Gasteiger partial charge in [-0.05, 0) is 57.3 Å². The number of rotatable bonds is 2. The molecule has 0 radical (unpaired) electrons. The zero-order valence-electron chi connectivity index (χ0n) is 10.8. The Kier molecular flexibility index (Phi) is 4.23. The van der Waals surface area contributed by atoms with Crippen molar-refractivity contribution in [3.63, 3.8) is 0 Å². The van der Waals surface area contributed by atoms with Gasteiger partial charge in [-0.2, -0.15) is 0 Å². The van der Waals surface area contributed by atoms with Gasteiger partial charge in [0.05, 0.1) is 0 Å². The van der Waals surface area contributed by atoms with Gasteiger partial charge in [0.25, 0.3) is 0 Å². The normalized spacial score (nSPS) is 42.2. The smallest absolute Gasteiger partial charge is 0.100 e. The van der Waals surface area contributed by atoms with Crippen LogP contribution in [0, 0.1) is 11.8 Å². The molecule has 1 saturated heterocycles. The highest BCUT2D eigenvalue weighted by molar-refractivity contribution is 4.81. The van der Waals surface area contributed by atoms with E-state index in [1.165, 1.54) is 25.9 Å². The molecule has 0 aromatic carbocycles. The number of hydrogen-bond donors (Lipinski definition) is 0. The predicted octanol–water partition coefficient (Wildman–Crippen LogP) is 3.64. The molecule has 2 rings (SSSR count). The summed E-state index contributed by atoms with van der Waals surface area (Å²) in [4.78, 5) is 2.65. The summed E-state index contributed by atoms with van der Waals surface area (Å²) < 4.78 is 13.1. The van der Waals surface area contributed by atoms with E-state index < -0.39 is 6.17 Å². The maximum Gasteiger partial charge on any atom is 0.100 e. The van der Waals surface area contributed by atoms with Gasteiger partial charge < -0.3 is 4.90 Å². The molecule has 94 valence electrons. The summed E-state index contributed by atoms with van der Waals surface area (Å²) in [6.07, 6.45) is 6.06. The summed E-state index contributed by atoms with van der Waals surface area (Å²) in [6.45, 7) is 7.19. The molecule has 16 heavy (non-hydrogen) atoms. The van der Waals surface area contributed by atoms with Crippen LogP contribution in [-0.4, -0.2) is 30.2 Å². The molecule has 1 nitrogen and oxygen atoms in total. The van der Waals surface area contributed by atoms with E-state index in [4.69, 9.17) is 0 Å². The first kappa shape index (κ1) is 12.3. The van der Waals surface area contributed by atoms with Crippen LogP contribution in [0.2, 0.25) is 0 Å². The molecule has 0 aromatic rings. The van der Waals surface area contributed by atoms with Crippen molar-refractivity contribution in [1.82, 2.24) is 4.90 Å². The van der Waals surface area contributed by atoms with Gasteiger partial charge in [-0.25, -0.2) is 4.39 Å². The van der Waals surface area contributed by atoms with Crippen molar-refractivity contribution >= 4 is 0 Å². The second-order valence-electron chi connectivity index (χ2n) is 6.10. The van der Waals surface area contributed by atoms with Crippen LogP contribution in [-0.2, 0) is 0 Å². The minimum Gasteiger partial charge on any atom is -0.300 e. The molecule has 1 aliphatic carbocycles. The highest BCUT2D eigenvalue weighted by atomic mass is 19.1. The van der Waals surface area contributed by atoms with Crippen molar-refractivity contribution in [1.29, 1.82) is 0 Å². The predicted molar refractivity (Wildman–Crippen MR) is 66.3 cm³/mol. The minimum atomic E-state index is -0.506. The summed E-state index contributed by atoms with van der Waals surface area (Å²) in [5.41, 5.74) is 0. The molecule has 0 bridgehead atoms. The Labute approximate surface area is 99.4 Å². The number of halogens is 1. The Morgan fingerprint density at radius 3 is 2.38 bits per heavy atom. The van der Waals surface area contributed by atoms with E-state index in [2.05, 4.69) is 18.7 Å². The third-order valence-electron chi connectivity index (χ3n) is 4.52. The molecule has 2 atom stereocenters. The summed E-state index contributed by atoms with van der Waals surface area (Å²) in [6, 6.07) is 0.749. The fraction of sp³-hybridized carbons (Fsp3) is 1.00. The van der Waals surface area contributed by atoms with Gasteiger partial charge >= 0.3 is 0 Å². The molecule has 1 aliphatic heterocycles. The first-order chi connectivity index (χ1) is 7.65. The van der Waals surface area contributed by atoms with E-state index in [-0.39, 0.29) is 0 Å². The van der Waals surface area contributed by atoms with Crippen LogP contribution in [0.1, 0.15) is 52.4 Å². The Hall–Kier alpha value is -0.110. The van der Waals surface area contributed by atoms with Gasteiger partial charge in [-0.3, -0.25) is 0 Å². The zero-order valence-corrected chi connectivity index (χ0v) is 10.8. The van der Waals surface area contributed by atoms with Crippen LogP contribution in [0.3, 0.4) is 0 Å². The highest BCUT2D eigenvalue weighted by Gasteiger charge is 2.27. The lowest BCUT2D eigenvalue weighted by atomic mass is 9.86. The fourth-order valence-corrected chi connectivity index (χ4v) is 3.27. The lowest BCUT2D eigenvalue weighted by molar-refractivity contribution is 0.0855. The molecular weight excluding hydrogens is 201 g/mol. The molecule has 0 spiro atoms. The van der Waals surface area contributed by atoms with Gasteiger partial charge in [0, 0.05) is 19.1 Å². The molecule has 1 saturated carbocycles. The molecular formula is C14H26FN. The number of hydrogen-bond acceptors (Lipinski definition) is 1. The van der Waals surface area contributed by atoms with Crippen LogP contribution < -0.4 is 0 Å². The standard InChI is InChI=1S/C14H26FN/c1-11-3-4-12(2)16(9-11)10-13-5-7-14(15)8-6-13/h11-14H,3-10H2,1-2H3. The van der Waals surface area contributed by atoms with Gasteiger partial charge in [0.1, 0.15) is 6.17 Å². The van der Waals surface area contributed by atoms with Crippen LogP contribution in [0.15, 0.2) is 0 Å². The number of piperidine rings is 1. The quantitative estimate of drug-likeness (QED) is 0.696. The minimum absolute atomic E-state index is 0.506. The summed E-state index contributed by atoms with van der Waals surface area (Å²) in [5.74, 6) is 1.62. The van der Waals surface area contributed by atoms with E-state index in [9.17, 15) is 4.39 Å². The van der Waals surface area contributed by atoms with Gasteiger partial charge in [0.2, 0.25) is 0 Å². The number of alkyl halides is 1. The van der Waals surface area contributed by atoms with Crippen molar-refractivity contribution in [2.24, 2.45) is 11.8 Å². The largest absolute Gasteiger partial charge is 0.300 e. The Morgan fingerprint density at radius 2 is 1.69 bits per heavy atom. The Balaban J connectivity index is 1.79. The van der Waals surface area contributed by atoms with Gasteiger partial charge in [-0.1, -0.05) is 6.92 Å². The van der Waals surface area contributed by atoms with E-state index >= 15 is 0 Å². The van der Waals surface area contributed by atoms with Crippen molar-refractivity contribution < 1.29 is 4.39 Å². The summed E-state index contributed by atoms with van der Waals surface area (Å²) in [5, 5.41) is 0. The van der Waals surface area contributed by atoms with E-state index in [1.54, 1.807) is 0 Å². The molecule has 2 aliphatic rings. The molecule has 2 fully saturated rings. The molecule has 2 unspecified atom stereocenters. The monoisotopic (exact) mass is 227 g/mol. The average Bonchev–Trinajstić information content (AvgIpc) is 2.27. The second-order valence-corrected chi connectivity index (χ2v) is 6.10. The van der Waals surface area contributed by atoms with Gasteiger partial charge in [0.15, 0.2) is 0 Å². The Morgan fingerprint density at radius 1 is 1.00 bits per heavy atom. The number of likely N-dealkylation sites (tertiary alicyclic amines) is 1. The van der Waals surface area contributed by atoms with Crippen LogP contribution >= 0.6 is 0 Å². The third kappa shape index (κ3) is 3.19. The van der Waals surface area contributed by atoms with Crippen molar-refractivity contribution in [2.45, 2.75) is 64.6 Å². The SMILES string of the molecule is CC1CCC(C)N(CC2CCC(F)CC2)C1. The van der Waals surface area contributed by atoms with E-state index in [1.807, 2.05) is 0 Å². The molecule has 0 N–H and O–H groups in total. The number of nitrogens with zero attached hydrogens (tertiary/aromatic N) is 1.